The summed E-state index contributed by atoms with van der Waals surface area (Å²) in [4.78, 5) is 61.8. The number of nitrogens with zero attached hydrogens (tertiary/aromatic N) is 4. The fourth-order valence-corrected chi connectivity index (χ4v) is 3.30. The van der Waals surface area contributed by atoms with Gasteiger partial charge in [-0.15, -0.1) is 0 Å². The van der Waals surface area contributed by atoms with Gasteiger partial charge in [-0.2, -0.15) is 0 Å². The van der Waals surface area contributed by atoms with E-state index < -0.39 is 29.8 Å². The molecule has 3 heterocycles. The van der Waals surface area contributed by atoms with Gasteiger partial charge in [-0.1, -0.05) is 0 Å². The lowest BCUT2D eigenvalue weighted by Gasteiger charge is -2.39. The lowest BCUT2D eigenvalue weighted by atomic mass is 9.98. The Morgan fingerprint density at radius 2 is 1.81 bits per heavy atom. The van der Waals surface area contributed by atoms with Gasteiger partial charge in [-0.3, -0.25) is 24.2 Å². The molecule has 12 nitrogen and oxygen atoms in total. The van der Waals surface area contributed by atoms with Crippen molar-refractivity contribution in [3.05, 3.63) is 42.5 Å². The van der Waals surface area contributed by atoms with Crippen LogP contribution in [-0.4, -0.2) is 82.4 Å². The van der Waals surface area contributed by atoms with Crippen LogP contribution in [0.1, 0.15) is 16.8 Å². The third-order valence-corrected chi connectivity index (χ3v) is 4.94. The lowest BCUT2D eigenvalue weighted by molar-refractivity contribution is -0.139. The van der Waals surface area contributed by atoms with E-state index in [1.807, 2.05) is 0 Å². The first-order chi connectivity index (χ1) is 15.4. The smallest absolute Gasteiger partial charge is 0.309 e. The van der Waals surface area contributed by atoms with Crippen molar-refractivity contribution >= 4 is 23.6 Å². The maximum absolute atomic E-state index is 12.8. The third kappa shape index (κ3) is 5.60. The minimum absolute atomic E-state index is 0.108. The summed E-state index contributed by atoms with van der Waals surface area (Å²) < 4.78 is 4.88. The topological polar surface area (TPSA) is 169 Å². The summed E-state index contributed by atoms with van der Waals surface area (Å²) >= 11 is 0. The number of amides is 4. The zero-order valence-electron chi connectivity index (χ0n) is 17.4. The van der Waals surface area contributed by atoms with Crippen LogP contribution in [0.15, 0.2) is 36.9 Å². The molecule has 1 aliphatic heterocycles. The van der Waals surface area contributed by atoms with Gasteiger partial charge >= 0.3 is 11.8 Å². The Labute approximate surface area is 183 Å². The van der Waals surface area contributed by atoms with Gasteiger partial charge in [-0.25, -0.2) is 9.97 Å². The van der Waals surface area contributed by atoms with E-state index in [1.54, 1.807) is 24.5 Å². The van der Waals surface area contributed by atoms with Crippen LogP contribution in [-0.2, 0) is 19.1 Å². The van der Waals surface area contributed by atoms with Crippen LogP contribution in [0, 0.1) is 0 Å². The van der Waals surface area contributed by atoms with Gasteiger partial charge in [0.1, 0.15) is 6.61 Å². The van der Waals surface area contributed by atoms with E-state index >= 15 is 0 Å². The van der Waals surface area contributed by atoms with Crippen LogP contribution < -0.4 is 16.4 Å². The summed E-state index contributed by atoms with van der Waals surface area (Å²) in [5.41, 5.74) is 5.98. The number of piperidine rings is 1. The zero-order valence-corrected chi connectivity index (χ0v) is 17.4. The molecule has 0 aliphatic carbocycles. The molecule has 2 aromatic rings. The highest BCUT2D eigenvalue weighted by molar-refractivity contribution is 6.34. The van der Waals surface area contributed by atoms with Crippen LogP contribution in [0.3, 0.4) is 0 Å². The molecule has 0 radical (unpaired) electrons. The number of hydrogen-bond acceptors (Lipinski definition) is 8. The Bertz CT molecular complexity index is 984. The third-order valence-electron chi connectivity index (χ3n) is 4.94. The molecule has 2 aromatic heterocycles. The van der Waals surface area contributed by atoms with Crippen molar-refractivity contribution in [2.75, 3.05) is 26.8 Å². The van der Waals surface area contributed by atoms with E-state index in [0.29, 0.717) is 18.8 Å². The van der Waals surface area contributed by atoms with Crippen LogP contribution in [0.2, 0.25) is 0 Å². The second kappa shape index (κ2) is 10.4. The van der Waals surface area contributed by atoms with Crippen molar-refractivity contribution in [2.45, 2.75) is 18.5 Å². The zero-order chi connectivity index (χ0) is 23.1. The number of methoxy groups -OCH3 is 1. The van der Waals surface area contributed by atoms with E-state index in [1.165, 1.54) is 24.4 Å². The molecule has 0 aromatic carbocycles. The molecule has 1 fully saturated rings. The fraction of sp³-hybridized carbons (Fsp3) is 0.350. The monoisotopic (exact) mass is 441 g/mol. The number of carbonyl (C=O) groups is 4. The number of pyridine rings is 1. The van der Waals surface area contributed by atoms with E-state index in [-0.39, 0.29) is 24.6 Å². The second-order valence-corrected chi connectivity index (χ2v) is 7.12. The minimum atomic E-state index is -1.13. The Hall–Kier alpha value is -3.93. The van der Waals surface area contributed by atoms with E-state index in [9.17, 15) is 19.2 Å². The van der Waals surface area contributed by atoms with Crippen LogP contribution in [0.25, 0.3) is 11.4 Å². The second-order valence-electron chi connectivity index (χ2n) is 7.12. The average molecular weight is 441 g/mol. The van der Waals surface area contributed by atoms with Crippen molar-refractivity contribution in [1.29, 1.82) is 0 Å². The van der Waals surface area contributed by atoms with Gasteiger partial charge in [0.05, 0.1) is 17.6 Å². The summed E-state index contributed by atoms with van der Waals surface area (Å²) in [5.74, 6) is -2.40. The predicted octanol–water partition coefficient (Wildman–Crippen LogP) is -1.51. The molecule has 32 heavy (non-hydrogen) atoms. The van der Waals surface area contributed by atoms with Gasteiger partial charge in [0.2, 0.25) is 5.91 Å². The Morgan fingerprint density at radius 3 is 2.44 bits per heavy atom. The first kappa shape index (κ1) is 22.7. The number of ether oxygens (including phenoxy) is 1. The molecule has 4 amide bonds. The maximum Gasteiger partial charge on any atom is 0.309 e. The minimum Gasteiger partial charge on any atom is -0.375 e. The Kier molecular flexibility index (Phi) is 7.39. The van der Waals surface area contributed by atoms with Gasteiger partial charge in [0.25, 0.3) is 5.91 Å². The molecule has 2 atom stereocenters. The first-order valence-electron chi connectivity index (χ1n) is 9.79. The predicted molar refractivity (Wildman–Crippen MR) is 111 cm³/mol. The number of aromatic nitrogens is 3. The van der Waals surface area contributed by atoms with E-state index in [0.717, 1.165) is 5.56 Å². The van der Waals surface area contributed by atoms with E-state index in [2.05, 4.69) is 25.6 Å². The lowest BCUT2D eigenvalue weighted by Crippen LogP contribution is -2.62. The molecule has 0 unspecified atom stereocenters. The first-order valence-corrected chi connectivity index (χ1v) is 9.79. The highest BCUT2D eigenvalue weighted by Crippen LogP contribution is 2.15. The fourth-order valence-electron chi connectivity index (χ4n) is 3.30. The molecule has 1 aliphatic rings. The highest BCUT2D eigenvalue weighted by atomic mass is 16.5. The number of nitrogens with two attached hydrogens (primary N) is 1. The average Bonchev–Trinajstić information content (AvgIpc) is 2.80. The molecule has 0 bridgehead atoms. The summed E-state index contributed by atoms with van der Waals surface area (Å²) in [6, 6.07) is 2.23. The number of likely N-dealkylation sites (tertiary alicyclic amines) is 1. The number of hydrogen-bond donors (Lipinski definition) is 3. The van der Waals surface area contributed by atoms with Gasteiger partial charge in [0.15, 0.2) is 5.82 Å². The van der Waals surface area contributed by atoms with Crippen LogP contribution in [0.4, 0.5) is 0 Å². The number of carbonyl (C=O) groups excluding carboxylic acids is 4. The summed E-state index contributed by atoms with van der Waals surface area (Å²) in [6.07, 6.45) is 6.30. The quantitative estimate of drug-likeness (QED) is 0.454. The largest absolute Gasteiger partial charge is 0.375 e. The maximum atomic E-state index is 12.8. The summed E-state index contributed by atoms with van der Waals surface area (Å²) in [5, 5.41) is 5.30. The van der Waals surface area contributed by atoms with Crippen molar-refractivity contribution in [1.82, 2.24) is 30.5 Å². The number of rotatable bonds is 6. The molecule has 0 spiro atoms. The summed E-state index contributed by atoms with van der Waals surface area (Å²) in [6.45, 7) is 0.332. The highest BCUT2D eigenvalue weighted by Gasteiger charge is 2.34. The molecular formula is C20H23N7O5. The normalized spacial score (nSPS) is 18.0. The van der Waals surface area contributed by atoms with Crippen LogP contribution in [0.5, 0.6) is 0 Å². The Morgan fingerprint density at radius 1 is 1.12 bits per heavy atom. The SMILES string of the molecule is COCC(=O)N1CC[C@H](NC(=O)C(N)=O)[C@H](NC(=O)c2cnc(-c3ccncc3)nc2)C1. The molecule has 1 saturated heterocycles. The van der Waals surface area contributed by atoms with Crippen molar-refractivity contribution in [2.24, 2.45) is 5.73 Å². The van der Waals surface area contributed by atoms with Gasteiger partial charge in [0, 0.05) is 50.6 Å². The Balaban J connectivity index is 1.73. The summed E-state index contributed by atoms with van der Waals surface area (Å²) in [7, 11) is 1.41. The molecule has 168 valence electrons. The van der Waals surface area contributed by atoms with Crippen molar-refractivity contribution < 1.29 is 23.9 Å². The molecule has 4 N–H and O–H groups in total. The van der Waals surface area contributed by atoms with Crippen molar-refractivity contribution in [3.8, 4) is 11.4 Å². The van der Waals surface area contributed by atoms with Gasteiger partial charge < -0.3 is 26.0 Å². The van der Waals surface area contributed by atoms with Crippen LogP contribution >= 0.6 is 0 Å². The molecule has 12 heteroatoms. The molecular weight excluding hydrogens is 418 g/mol. The number of nitrogens with one attached hydrogen (secondary N) is 2. The number of primary amides is 1. The van der Waals surface area contributed by atoms with E-state index in [4.69, 9.17) is 10.5 Å². The molecule has 3 rings (SSSR count). The molecule has 0 saturated carbocycles. The standard InChI is InChI=1S/C20H23N7O5/c1-32-11-16(28)27-7-4-14(25-20(31)17(21)29)15(10-27)26-19(30)13-8-23-18(24-9-13)12-2-5-22-6-3-12/h2-3,5-6,8-9,14-15H,4,7,10-11H2,1H3,(H2,21,29)(H,25,31)(H,26,30)/t14-,15+/m0/s1. The van der Waals surface area contributed by atoms with Gasteiger partial charge in [-0.05, 0) is 18.6 Å². The van der Waals surface area contributed by atoms with Crippen molar-refractivity contribution in [3.63, 3.8) is 0 Å².